The number of hydrogen-bond donors (Lipinski definition) is 1. The Hall–Kier alpha value is -0.940. The normalized spacial score (nSPS) is 22.2. The molecule has 0 spiro atoms. The summed E-state index contributed by atoms with van der Waals surface area (Å²) in [6.07, 6.45) is 2.39. The van der Waals surface area contributed by atoms with E-state index in [-0.39, 0.29) is 6.10 Å². The van der Waals surface area contributed by atoms with E-state index >= 15 is 0 Å². The molecule has 2 unspecified atom stereocenters. The molecule has 4 nitrogen and oxygen atoms in total. The first-order chi connectivity index (χ1) is 11.2. The third-order valence-electron chi connectivity index (χ3n) is 5.13. The number of aliphatic hydroxyl groups excluding tert-OH is 1. The third-order valence-corrected chi connectivity index (χ3v) is 5.13. The molecule has 1 N–H and O–H groups in total. The van der Waals surface area contributed by atoms with Gasteiger partial charge in [0.25, 0.3) is 0 Å². The highest BCUT2D eigenvalue weighted by atomic mass is 16.5. The van der Waals surface area contributed by atoms with Crippen LogP contribution in [0, 0.1) is 5.92 Å². The molecule has 23 heavy (non-hydrogen) atoms. The van der Waals surface area contributed by atoms with Crippen LogP contribution in [0.3, 0.4) is 0 Å². The standard InChI is InChI=1S/C19H30N2O2/c1-16(18-7-8-18)21(13-17-5-3-2-4-6-17)15-19(22)14-20-9-11-23-12-10-20/h2-6,16,18-19,22H,7-15H2,1H3. The van der Waals surface area contributed by atoms with Crippen LogP contribution in [0.1, 0.15) is 25.3 Å². The number of aliphatic hydroxyl groups is 1. The molecule has 0 bridgehead atoms. The van der Waals surface area contributed by atoms with E-state index in [9.17, 15) is 5.11 Å². The van der Waals surface area contributed by atoms with Gasteiger partial charge in [-0.15, -0.1) is 0 Å². The second-order valence-electron chi connectivity index (χ2n) is 7.06. The van der Waals surface area contributed by atoms with Gasteiger partial charge in [-0.1, -0.05) is 30.3 Å². The topological polar surface area (TPSA) is 35.9 Å². The molecule has 0 aromatic heterocycles. The average Bonchev–Trinajstić information content (AvgIpc) is 3.40. The molecule has 2 fully saturated rings. The molecule has 128 valence electrons. The van der Waals surface area contributed by atoms with E-state index in [4.69, 9.17) is 4.74 Å². The van der Waals surface area contributed by atoms with Gasteiger partial charge in [-0.2, -0.15) is 0 Å². The SMILES string of the molecule is CC(C1CC1)N(Cc1ccccc1)CC(O)CN1CCOCC1. The number of benzene rings is 1. The van der Waals surface area contributed by atoms with Crippen molar-refractivity contribution in [3.8, 4) is 0 Å². The van der Waals surface area contributed by atoms with E-state index in [1.54, 1.807) is 0 Å². The monoisotopic (exact) mass is 318 g/mol. The molecule has 0 radical (unpaired) electrons. The third kappa shape index (κ3) is 5.28. The molecule has 0 amide bonds. The number of ether oxygens (including phenoxy) is 1. The summed E-state index contributed by atoms with van der Waals surface area (Å²) >= 11 is 0. The van der Waals surface area contributed by atoms with Crippen molar-refractivity contribution < 1.29 is 9.84 Å². The van der Waals surface area contributed by atoms with Crippen molar-refractivity contribution in [3.05, 3.63) is 35.9 Å². The van der Waals surface area contributed by atoms with Crippen LogP contribution in [0.15, 0.2) is 30.3 Å². The highest BCUT2D eigenvalue weighted by molar-refractivity contribution is 5.14. The maximum Gasteiger partial charge on any atom is 0.0794 e. The maximum absolute atomic E-state index is 10.6. The quantitative estimate of drug-likeness (QED) is 0.795. The second kappa shape index (κ2) is 8.25. The van der Waals surface area contributed by atoms with E-state index < -0.39 is 0 Å². The molecular formula is C19H30N2O2. The summed E-state index contributed by atoms with van der Waals surface area (Å²) in [5.74, 6) is 0.814. The first kappa shape index (κ1) is 16.9. The van der Waals surface area contributed by atoms with Gasteiger partial charge in [0, 0.05) is 38.8 Å². The number of morpholine rings is 1. The molecule has 1 heterocycles. The molecular weight excluding hydrogens is 288 g/mol. The minimum Gasteiger partial charge on any atom is -0.390 e. The Morgan fingerprint density at radius 1 is 1.22 bits per heavy atom. The van der Waals surface area contributed by atoms with Gasteiger partial charge in [-0.25, -0.2) is 0 Å². The van der Waals surface area contributed by atoms with Crippen LogP contribution < -0.4 is 0 Å². The van der Waals surface area contributed by atoms with Crippen LogP contribution in [0.25, 0.3) is 0 Å². The molecule has 1 saturated heterocycles. The van der Waals surface area contributed by atoms with Gasteiger partial charge in [0.2, 0.25) is 0 Å². The van der Waals surface area contributed by atoms with Crippen LogP contribution >= 0.6 is 0 Å². The lowest BCUT2D eigenvalue weighted by atomic mass is 10.1. The average molecular weight is 318 g/mol. The van der Waals surface area contributed by atoms with Crippen molar-refractivity contribution in [1.29, 1.82) is 0 Å². The lowest BCUT2D eigenvalue weighted by molar-refractivity contribution is 0.00163. The minimum atomic E-state index is -0.294. The minimum absolute atomic E-state index is 0.294. The Balaban J connectivity index is 1.56. The van der Waals surface area contributed by atoms with Crippen LogP contribution in [0.2, 0.25) is 0 Å². The van der Waals surface area contributed by atoms with Crippen molar-refractivity contribution >= 4 is 0 Å². The Morgan fingerprint density at radius 2 is 1.91 bits per heavy atom. The van der Waals surface area contributed by atoms with Crippen LogP contribution in [-0.4, -0.2) is 66.4 Å². The molecule has 1 aromatic carbocycles. The Bertz CT molecular complexity index is 458. The first-order valence-corrected chi connectivity index (χ1v) is 8.98. The van der Waals surface area contributed by atoms with Crippen LogP contribution in [-0.2, 0) is 11.3 Å². The molecule has 1 aliphatic carbocycles. The summed E-state index contributed by atoms with van der Waals surface area (Å²) in [5, 5.41) is 10.6. The number of β-amino-alcohol motifs (C(OH)–C–C–N with tert-alkyl or cyclic N) is 1. The lowest BCUT2D eigenvalue weighted by Crippen LogP contribution is -2.46. The summed E-state index contributed by atoms with van der Waals surface area (Å²) in [4.78, 5) is 4.79. The zero-order chi connectivity index (χ0) is 16.1. The van der Waals surface area contributed by atoms with E-state index in [1.807, 2.05) is 0 Å². The van der Waals surface area contributed by atoms with Gasteiger partial charge < -0.3 is 9.84 Å². The summed E-state index contributed by atoms with van der Waals surface area (Å²) < 4.78 is 5.39. The zero-order valence-electron chi connectivity index (χ0n) is 14.2. The van der Waals surface area contributed by atoms with E-state index in [0.717, 1.165) is 51.9 Å². The molecule has 1 saturated carbocycles. The molecule has 2 aliphatic rings. The summed E-state index contributed by atoms with van der Waals surface area (Å²) in [6, 6.07) is 11.2. The van der Waals surface area contributed by atoms with Gasteiger partial charge in [-0.05, 0) is 31.2 Å². The smallest absolute Gasteiger partial charge is 0.0794 e. The number of hydrogen-bond acceptors (Lipinski definition) is 4. The second-order valence-corrected chi connectivity index (χ2v) is 7.06. The van der Waals surface area contributed by atoms with Crippen molar-refractivity contribution in [2.75, 3.05) is 39.4 Å². The number of rotatable bonds is 8. The van der Waals surface area contributed by atoms with E-state index in [2.05, 4.69) is 47.1 Å². The van der Waals surface area contributed by atoms with Crippen molar-refractivity contribution in [1.82, 2.24) is 9.80 Å². The fourth-order valence-corrected chi connectivity index (χ4v) is 3.48. The maximum atomic E-state index is 10.6. The fraction of sp³-hybridized carbons (Fsp3) is 0.684. The molecule has 2 atom stereocenters. The largest absolute Gasteiger partial charge is 0.390 e. The van der Waals surface area contributed by atoms with Gasteiger partial charge >= 0.3 is 0 Å². The van der Waals surface area contributed by atoms with Crippen molar-refractivity contribution in [2.24, 2.45) is 5.92 Å². The lowest BCUT2D eigenvalue weighted by Gasteiger charge is -2.34. The zero-order valence-corrected chi connectivity index (χ0v) is 14.2. The van der Waals surface area contributed by atoms with E-state index in [1.165, 1.54) is 18.4 Å². The van der Waals surface area contributed by atoms with Crippen molar-refractivity contribution in [3.63, 3.8) is 0 Å². The Labute approximate surface area is 140 Å². The predicted octanol–water partition coefficient (Wildman–Crippen LogP) is 1.98. The highest BCUT2D eigenvalue weighted by Crippen LogP contribution is 2.35. The summed E-state index contributed by atoms with van der Waals surface area (Å²) in [6.45, 7) is 8.22. The van der Waals surface area contributed by atoms with Crippen molar-refractivity contribution in [2.45, 2.75) is 38.5 Å². The predicted molar refractivity (Wildman–Crippen MR) is 92.3 cm³/mol. The molecule has 1 aliphatic heterocycles. The van der Waals surface area contributed by atoms with Gasteiger partial charge in [0.15, 0.2) is 0 Å². The molecule has 1 aromatic rings. The van der Waals surface area contributed by atoms with Crippen LogP contribution in [0.4, 0.5) is 0 Å². The van der Waals surface area contributed by atoms with Crippen LogP contribution in [0.5, 0.6) is 0 Å². The number of nitrogens with zero attached hydrogens (tertiary/aromatic N) is 2. The van der Waals surface area contributed by atoms with Gasteiger partial charge in [-0.3, -0.25) is 9.80 Å². The van der Waals surface area contributed by atoms with Gasteiger partial charge in [0.1, 0.15) is 0 Å². The molecule has 4 heteroatoms. The summed E-state index contributed by atoms with van der Waals surface area (Å²) in [5.41, 5.74) is 1.33. The summed E-state index contributed by atoms with van der Waals surface area (Å²) in [7, 11) is 0. The Kier molecular flexibility index (Phi) is 6.06. The Morgan fingerprint density at radius 3 is 2.57 bits per heavy atom. The fourth-order valence-electron chi connectivity index (χ4n) is 3.48. The molecule has 3 rings (SSSR count). The van der Waals surface area contributed by atoms with Gasteiger partial charge in [0.05, 0.1) is 19.3 Å². The van der Waals surface area contributed by atoms with E-state index in [0.29, 0.717) is 6.04 Å². The highest BCUT2D eigenvalue weighted by Gasteiger charge is 2.33. The first-order valence-electron chi connectivity index (χ1n) is 8.98.